The number of benzene rings is 1. The number of aromatic hydroxyl groups is 1. The van der Waals surface area contributed by atoms with Crippen molar-refractivity contribution in [3.05, 3.63) is 46.7 Å². The summed E-state index contributed by atoms with van der Waals surface area (Å²) in [4.78, 5) is 12.2. The molecule has 1 aromatic carbocycles. The Morgan fingerprint density at radius 2 is 2.26 bits per heavy atom. The van der Waals surface area contributed by atoms with Crippen LogP contribution in [0.25, 0.3) is 0 Å². The highest BCUT2D eigenvalue weighted by atomic mass is 16.3. The van der Waals surface area contributed by atoms with Crippen molar-refractivity contribution in [3.8, 4) is 5.75 Å². The van der Waals surface area contributed by atoms with E-state index in [1.807, 2.05) is 6.07 Å². The summed E-state index contributed by atoms with van der Waals surface area (Å²) in [6.45, 7) is 7.84. The molecule has 0 radical (unpaired) electrons. The smallest absolute Gasteiger partial charge is 0.148 e. The number of anilines is 1. The predicted octanol–water partition coefficient (Wildman–Crippen LogP) is 3.88. The Morgan fingerprint density at radius 1 is 1.41 bits per heavy atom. The molecule has 2 saturated heterocycles. The van der Waals surface area contributed by atoms with Gasteiger partial charge in [-0.3, -0.25) is 4.79 Å². The molecule has 2 fully saturated rings. The van der Waals surface area contributed by atoms with Crippen LogP contribution in [0, 0.1) is 5.92 Å². The molecule has 142 valence electrons. The third-order valence-electron chi connectivity index (χ3n) is 7.92. The first kappa shape index (κ1) is 17.1. The number of allylic oxidation sites excluding steroid dienone is 2. The largest absolute Gasteiger partial charge is 0.506 e. The van der Waals surface area contributed by atoms with E-state index in [-0.39, 0.29) is 11.3 Å². The maximum absolute atomic E-state index is 12.2. The third kappa shape index (κ3) is 1.94. The monoisotopic (exact) mass is 365 g/mol. The van der Waals surface area contributed by atoms with Crippen LogP contribution in [0.2, 0.25) is 0 Å². The van der Waals surface area contributed by atoms with Gasteiger partial charge in [-0.2, -0.15) is 0 Å². The van der Waals surface area contributed by atoms with E-state index < -0.39 is 0 Å². The zero-order chi connectivity index (χ0) is 18.8. The number of carbonyl (C=O) groups is 1. The second-order valence-electron chi connectivity index (χ2n) is 8.84. The molecule has 27 heavy (non-hydrogen) atoms. The van der Waals surface area contributed by atoms with E-state index in [1.54, 1.807) is 6.07 Å². The molecular formula is C23H29N2O2+. The van der Waals surface area contributed by atoms with Gasteiger partial charge in [-0.15, -0.1) is 0 Å². The second kappa shape index (κ2) is 5.71. The molecule has 4 nitrogen and oxygen atoms in total. The quantitative estimate of drug-likeness (QED) is 0.368. The molecule has 0 aromatic heterocycles. The van der Waals surface area contributed by atoms with Crippen LogP contribution in [0.15, 0.2) is 41.1 Å². The highest BCUT2D eigenvalue weighted by Gasteiger charge is 2.68. The van der Waals surface area contributed by atoms with Crippen LogP contribution in [-0.4, -0.2) is 41.6 Å². The topological polar surface area (TPSA) is 49.3 Å². The summed E-state index contributed by atoms with van der Waals surface area (Å²) in [6, 6.07) is 6.37. The summed E-state index contributed by atoms with van der Waals surface area (Å²) in [5.41, 5.74) is 5.34. The average molecular weight is 365 g/mol. The Morgan fingerprint density at radius 3 is 3.00 bits per heavy atom. The van der Waals surface area contributed by atoms with E-state index in [4.69, 9.17) is 0 Å². The van der Waals surface area contributed by atoms with Crippen molar-refractivity contribution in [2.45, 2.75) is 51.0 Å². The molecule has 0 saturated carbocycles. The van der Waals surface area contributed by atoms with Crippen molar-refractivity contribution in [1.29, 1.82) is 0 Å². The van der Waals surface area contributed by atoms with Gasteiger partial charge in [0.15, 0.2) is 0 Å². The van der Waals surface area contributed by atoms with Gasteiger partial charge in [-0.1, -0.05) is 31.6 Å². The van der Waals surface area contributed by atoms with Crippen LogP contribution in [0.3, 0.4) is 0 Å². The number of aldehydes is 1. The minimum atomic E-state index is -0.131. The molecule has 3 heterocycles. The van der Waals surface area contributed by atoms with E-state index in [9.17, 15) is 9.90 Å². The molecule has 3 aliphatic heterocycles. The fourth-order valence-electron chi connectivity index (χ4n) is 6.76. The highest BCUT2D eigenvalue weighted by molar-refractivity contribution is 5.85. The maximum Gasteiger partial charge on any atom is 0.148 e. The van der Waals surface area contributed by atoms with Crippen molar-refractivity contribution in [2.24, 2.45) is 5.92 Å². The first-order valence-electron chi connectivity index (χ1n) is 10.4. The number of quaternary nitrogens is 1. The van der Waals surface area contributed by atoms with E-state index in [2.05, 4.69) is 31.3 Å². The third-order valence-corrected chi connectivity index (χ3v) is 7.92. The minimum absolute atomic E-state index is 0.131. The lowest BCUT2D eigenvalue weighted by atomic mass is 9.61. The number of nitrogens with one attached hydrogen (secondary N) is 1. The molecule has 4 heteroatoms. The van der Waals surface area contributed by atoms with Crippen LogP contribution in [0.4, 0.5) is 5.69 Å². The number of nitrogens with zero attached hydrogens (tertiary/aromatic N) is 1. The van der Waals surface area contributed by atoms with Crippen LogP contribution in [0.1, 0.15) is 45.1 Å². The van der Waals surface area contributed by atoms with Crippen molar-refractivity contribution in [2.75, 3.05) is 25.0 Å². The second-order valence-corrected chi connectivity index (χ2v) is 8.84. The van der Waals surface area contributed by atoms with E-state index in [0.29, 0.717) is 11.8 Å². The lowest BCUT2D eigenvalue weighted by Crippen LogP contribution is -2.63. The average Bonchev–Trinajstić information content (AvgIpc) is 3.21. The summed E-state index contributed by atoms with van der Waals surface area (Å²) < 4.78 is 1.15. The molecule has 4 aliphatic rings. The van der Waals surface area contributed by atoms with Gasteiger partial charge in [0.2, 0.25) is 0 Å². The molecule has 1 spiro atoms. The fraction of sp³-hybridized carbons (Fsp3) is 0.522. The molecule has 4 unspecified atom stereocenters. The van der Waals surface area contributed by atoms with E-state index in [1.165, 1.54) is 30.5 Å². The predicted molar refractivity (Wildman–Crippen MR) is 107 cm³/mol. The fourth-order valence-corrected chi connectivity index (χ4v) is 6.76. The summed E-state index contributed by atoms with van der Waals surface area (Å²) in [5.74, 6) is 0.531. The Bertz CT molecular complexity index is 886. The molecule has 2 bridgehead atoms. The Labute approximate surface area is 161 Å². The van der Waals surface area contributed by atoms with Crippen LogP contribution in [0.5, 0.6) is 5.75 Å². The number of para-hydroxylation sites is 1. The number of piperidine rings is 1. The lowest BCUT2D eigenvalue weighted by Gasteiger charge is -2.53. The van der Waals surface area contributed by atoms with Crippen LogP contribution in [-0.2, 0) is 10.2 Å². The van der Waals surface area contributed by atoms with E-state index in [0.717, 1.165) is 53.7 Å². The Hall–Kier alpha value is -2.07. The number of phenolic OH excluding ortho intramolecular Hbond substituents is 1. The van der Waals surface area contributed by atoms with Crippen molar-refractivity contribution < 1.29 is 14.4 Å². The lowest BCUT2D eigenvalue weighted by molar-refractivity contribution is -0.941. The molecule has 5 rings (SSSR count). The maximum atomic E-state index is 12.2. The number of rotatable bonds is 4. The Kier molecular flexibility index (Phi) is 3.61. The van der Waals surface area contributed by atoms with Crippen molar-refractivity contribution in [1.82, 2.24) is 0 Å². The molecule has 2 N–H and O–H groups in total. The first-order chi connectivity index (χ1) is 13.1. The van der Waals surface area contributed by atoms with Crippen LogP contribution >= 0.6 is 0 Å². The molecule has 1 aromatic rings. The standard InChI is InChI=1S/C23H28N2O2/c1-3-5-10-25-11-9-23-18-7-6-8-19(27)21(18)24-22(23)17(14-26)16(12-20(23)25)15(4-2)13-25/h4,6-8,14,16,20H,3,5,9-13H2,1-2H3,(H-,24,26,27)/p+1. The number of unbranched alkanes of at least 4 members (excludes halogenated alkanes) is 1. The molecular weight excluding hydrogens is 336 g/mol. The number of hydrogen-bond acceptors (Lipinski definition) is 3. The molecule has 1 aliphatic carbocycles. The minimum Gasteiger partial charge on any atom is -0.506 e. The highest BCUT2D eigenvalue weighted by Crippen LogP contribution is 2.64. The van der Waals surface area contributed by atoms with Gasteiger partial charge in [-0.25, -0.2) is 0 Å². The molecule has 4 atom stereocenters. The first-order valence-corrected chi connectivity index (χ1v) is 10.4. The summed E-state index contributed by atoms with van der Waals surface area (Å²) in [6.07, 6.45) is 7.91. The van der Waals surface area contributed by atoms with Gasteiger partial charge >= 0.3 is 0 Å². The van der Waals surface area contributed by atoms with Gasteiger partial charge in [0.1, 0.15) is 24.6 Å². The SMILES string of the molecule is CC=C1C[N+]2(CCCC)CCC34C(=C(C=O)C1CC32)Nc1c(O)cccc14. The number of hydrogen-bond donors (Lipinski definition) is 2. The normalized spacial score (nSPS) is 37.2. The van der Waals surface area contributed by atoms with Gasteiger partial charge in [0.25, 0.3) is 0 Å². The number of carbonyl (C=O) groups excluding carboxylic acids is 1. The summed E-state index contributed by atoms with van der Waals surface area (Å²) in [5, 5.41) is 14.0. The number of fused-ring (bicyclic) bond motifs is 2. The summed E-state index contributed by atoms with van der Waals surface area (Å²) >= 11 is 0. The Balaban J connectivity index is 1.78. The molecule has 0 amide bonds. The zero-order valence-corrected chi connectivity index (χ0v) is 16.3. The van der Waals surface area contributed by atoms with Crippen LogP contribution < -0.4 is 5.32 Å². The zero-order valence-electron chi connectivity index (χ0n) is 16.3. The number of phenols is 1. The van der Waals surface area contributed by atoms with Crippen molar-refractivity contribution in [3.63, 3.8) is 0 Å². The van der Waals surface area contributed by atoms with Gasteiger partial charge < -0.3 is 14.9 Å². The van der Waals surface area contributed by atoms with E-state index >= 15 is 0 Å². The summed E-state index contributed by atoms with van der Waals surface area (Å²) in [7, 11) is 0. The van der Waals surface area contributed by atoms with Gasteiger partial charge in [0, 0.05) is 30.0 Å². The van der Waals surface area contributed by atoms with Gasteiger partial charge in [-0.05, 0) is 30.5 Å². The van der Waals surface area contributed by atoms with Gasteiger partial charge in [0.05, 0.1) is 24.2 Å². The van der Waals surface area contributed by atoms with Crippen molar-refractivity contribution >= 4 is 12.0 Å².